The van der Waals surface area contributed by atoms with Crippen LogP contribution in [0.25, 0.3) is 22.4 Å². The van der Waals surface area contributed by atoms with Crippen LogP contribution in [0.4, 0.5) is 5.82 Å². The van der Waals surface area contributed by atoms with Crippen molar-refractivity contribution in [2.45, 2.75) is 19.8 Å². The van der Waals surface area contributed by atoms with Gasteiger partial charge >= 0.3 is 0 Å². The van der Waals surface area contributed by atoms with Gasteiger partial charge in [0.2, 0.25) is 5.88 Å². The quantitative estimate of drug-likeness (QED) is 0.762. The van der Waals surface area contributed by atoms with E-state index in [0.717, 1.165) is 35.6 Å². The number of aromatic nitrogens is 4. The van der Waals surface area contributed by atoms with Gasteiger partial charge in [0, 0.05) is 30.3 Å². The Kier molecular flexibility index (Phi) is 4.58. The van der Waals surface area contributed by atoms with E-state index < -0.39 is 0 Å². The maximum atomic E-state index is 10.6. The molecule has 2 aromatic heterocycles. The third-order valence-corrected chi connectivity index (χ3v) is 4.83. The van der Waals surface area contributed by atoms with Gasteiger partial charge in [-0.3, -0.25) is 0 Å². The van der Waals surface area contributed by atoms with E-state index in [9.17, 15) is 5.11 Å². The summed E-state index contributed by atoms with van der Waals surface area (Å²) in [5, 5.41) is 27.1. The zero-order valence-corrected chi connectivity index (χ0v) is 15.4. The fourth-order valence-electron chi connectivity index (χ4n) is 3.35. The fraction of sp³-hybridized carbons (Fsp3) is 0.300. The largest absolute Gasteiger partial charge is 0.507 e. The molecule has 7 nitrogen and oxygen atoms in total. The van der Waals surface area contributed by atoms with E-state index in [4.69, 9.17) is 4.74 Å². The Balaban J connectivity index is 1.66. The first kappa shape index (κ1) is 17.2. The normalized spacial score (nSPS) is 13.8. The Hall–Kier alpha value is -3.22. The highest BCUT2D eigenvalue weighted by Gasteiger charge is 2.17. The summed E-state index contributed by atoms with van der Waals surface area (Å²) >= 11 is 0. The molecule has 0 bridgehead atoms. The van der Waals surface area contributed by atoms with Crippen LogP contribution in [0.1, 0.15) is 18.4 Å². The van der Waals surface area contributed by atoms with Crippen molar-refractivity contribution in [3.63, 3.8) is 0 Å². The summed E-state index contributed by atoms with van der Waals surface area (Å²) < 4.78 is 5.11. The third kappa shape index (κ3) is 3.40. The fourth-order valence-corrected chi connectivity index (χ4v) is 3.35. The van der Waals surface area contributed by atoms with Crippen LogP contribution in [0.5, 0.6) is 11.6 Å². The molecule has 0 unspecified atom stereocenters. The van der Waals surface area contributed by atoms with Crippen molar-refractivity contribution in [3.8, 4) is 34.0 Å². The molecule has 1 aliphatic heterocycles. The highest BCUT2D eigenvalue weighted by Crippen LogP contribution is 2.34. The average molecular weight is 363 g/mol. The Bertz CT molecular complexity index is 970. The summed E-state index contributed by atoms with van der Waals surface area (Å²) in [4.78, 5) is 2.25. The van der Waals surface area contributed by atoms with Crippen molar-refractivity contribution in [1.29, 1.82) is 0 Å². The number of anilines is 1. The summed E-state index contributed by atoms with van der Waals surface area (Å²) in [6.45, 7) is 4.04. The molecule has 0 aliphatic carbocycles. The molecule has 0 radical (unpaired) electrons. The van der Waals surface area contributed by atoms with Gasteiger partial charge in [0.05, 0.1) is 19.0 Å². The monoisotopic (exact) mass is 363 g/mol. The standard InChI is InChI=1S/C20H21N5O2/c1-13-9-18(25-7-3-4-8-25)22-24-20(13)16-6-5-14(10-17(16)26)15-11-19(27-2)23-21-12-15/h5-6,9-12,26H,3-4,7-8H2,1-2H3. The van der Waals surface area contributed by atoms with Crippen LogP contribution < -0.4 is 9.64 Å². The molecule has 27 heavy (non-hydrogen) atoms. The predicted octanol–water partition coefficient (Wildman–Crippen LogP) is 3.22. The number of phenols is 1. The Morgan fingerprint density at radius 2 is 1.81 bits per heavy atom. The lowest BCUT2D eigenvalue weighted by molar-refractivity contribution is 0.392. The average Bonchev–Trinajstić information content (AvgIpc) is 3.23. The summed E-state index contributed by atoms with van der Waals surface area (Å²) in [5.41, 5.74) is 3.97. The minimum atomic E-state index is 0.148. The van der Waals surface area contributed by atoms with Crippen LogP contribution in [0.2, 0.25) is 0 Å². The highest BCUT2D eigenvalue weighted by molar-refractivity contribution is 5.75. The number of aromatic hydroxyl groups is 1. The third-order valence-electron chi connectivity index (χ3n) is 4.83. The lowest BCUT2D eigenvalue weighted by atomic mass is 10.0. The number of phenolic OH excluding ortho intramolecular Hbond substituents is 1. The molecule has 1 aromatic carbocycles. The molecular weight excluding hydrogens is 342 g/mol. The lowest BCUT2D eigenvalue weighted by Crippen LogP contribution is -2.19. The molecule has 4 rings (SSSR count). The molecule has 138 valence electrons. The first-order valence-corrected chi connectivity index (χ1v) is 8.95. The second kappa shape index (κ2) is 7.19. The van der Waals surface area contributed by atoms with Crippen LogP contribution in [-0.2, 0) is 0 Å². The van der Waals surface area contributed by atoms with Gasteiger partial charge in [0.15, 0.2) is 5.82 Å². The van der Waals surface area contributed by atoms with E-state index in [1.807, 2.05) is 25.1 Å². The molecule has 1 saturated heterocycles. The molecule has 3 heterocycles. The number of hydrogen-bond acceptors (Lipinski definition) is 7. The van der Waals surface area contributed by atoms with Crippen molar-refractivity contribution in [1.82, 2.24) is 20.4 Å². The second-order valence-electron chi connectivity index (χ2n) is 6.65. The van der Waals surface area contributed by atoms with Crippen LogP contribution in [0, 0.1) is 6.92 Å². The first-order chi connectivity index (χ1) is 13.2. The number of rotatable bonds is 4. The molecule has 1 aliphatic rings. The van der Waals surface area contributed by atoms with Crippen molar-refractivity contribution < 1.29 is 9.84 Å². The predicted molar refractivity (Wildman–Crippen MR) is 103 cm³/mol. The second-order valence-corrected chi connectivity index (χ2v) is 6.65. The van der Waals surface area contributed by atoms with E-state index in [0.29, 0.717) is 17.1 Å². The van der Waals surface area contributed by atoms with Crippen LogP contribution in [-0.4, -0.2) is 45.7 Å². The minimum absolute atomic E-state index is 0.148. The molecule has 0 atom stereocenters. The number of benzene rings is 1. The lowest BCUT2D eigenvalue weighted by Gasteiger charge is -2.17. The molecule has 0 saturated carbocycles. The van der Waals surface area contributed by atoms with Crippen molar-refractivity contribution in [3.05, 3.63) is 42.1 Å². The van der Waals surface area contributed by atoms with Gasteiger partial charge in [-0.05, 0) is 49.1 Å². The zero-order chi connectivity index (χ0) is 18.8. The van der Waals surface area contributed by atoms with E-state index in [1.54, 1.807) is 25.4 Å². The van der Waals surface area contributed by atoms with Crippen molar-refractivity contribution >= 4 is 5.82 Å². The van der Waals surface area contributed by atoms with Gasteiger partial charge in [-0.25, -0.2) is 0 Å². The maximum absolute atomic E-state index is 10.6. The van der Waals surface area contributed by atoms with Gasteiger partial charge in [-0.15, -0.1) is 15.3 Å². The Morgan fingerprint density at radius 1 is 1.00 bits per heavy atom. The molecule has 3 aromatic rings. The van der Waals surface area contributed by atoms with Crippen LogP contribution >= 0.6 is 0 Å². The van der Waals surface area contributed by atoms with E-state index in [-0.39, 0.29) is 5.75 Å². The molecular formula is C20H21N5O2. The maximum Gasteiger partial charge on any atom is 0.233 e. The van der Waals surface area contributed by atoms with E-state index in [2.05, 4.69) is 25.3 Å². The van der Waals surface area contributed by atoms with Gasteiger partial charge in [-0.2, -0.15) is 5.10 Å². The highest BCUT2D eigenvalue weighted by atomic mass is 16.5. The van der Waals surface area contributed by atoms with Crippen molar-refractivity contribution in [2.75, 3.05) is 25.1 Å². The molecule has 0 spiro atoms. The smallest absolute Gasteiger partial charge is 0.233 e. The number of methoxy groups -OCH3 is 1. The van der Waals surface area contributed by atoms with Gasteiger partial charge in [0.1, 0.15) is 5.75 Å². The molecule has 1 fully saturated rings. The Labute approximate surface area is 157 Å². The van der Waals surface area contributed by atoms with Crippen LogP contribution in [0.15, 0.2) is 36.5 Å². The SMILES string of the molecule is COc1cc(-c2ccc(-c3nnc(N4CCCC4)cc3C)c(O)c2)cnn1. The minimum Gasteiger partial charge on any atom is -0.507 e. The summed E-state index contributed by atoms with van der Waals surface area (Å²) in [6.07, 6.45) is 4.02. The van der Waals surface area contributed by atoms with E-state index in [1.165, 1.54) is 12.8 Å². The summed E-state index contributed by atoms with van der Waals surface area (Å²) in [6, 6.07) is 9.28. The number of hydrogen-bond donors (Lipinski definition) is 1. The number of nitrogens with zero attached hydrogens (tertiary/aromatic N) is 5. The summed E-state index contributed by atoms with van der Waals surface area (Å²) in [5.74, 6) is 1.48. The molecule has 0 amide bonds. The van der Waals surface area contributed by atoms with Gasteiger partial charge in [-0.1, -0.05) is 6.07 Å². The van der Waals surface area contributed by atoms with Crippen molar-refractivity contribution in [2.24, 2.45) is 0 Å². The van der Waals surface area contributed by atoms with Crippen LogP contribution in [0.3, 0.4) is 0 Å². The van der Waals surface area contributed by atoms with Gasteiger partial charge in [0.25, 0.3) is 0 Å². The van der Waals surface area contributed by atoms with Gasteiger partial charge < -0.3 is 14.7 Å². The Morgan fingerprint density at radius 3 is 2.52 bits per heavy atom. The zero-order valence-electron chi connectivity index (χ0n) is 15.4. The molecule has 1 N–H and O–H groups in total. The molecule has 7 heteroatoms. The summed E-state index contributed by atoms with van der Waals surface area (Å²) in [7, 11) is 1.54. The number of ether oxygens (including phenoxy) is 1. The number of aryl methyl sites for hydroxylation is 1. The topological polar surface area (TPSA) is 84.3 Å². The first-order valence-electron chi connectivity index (χ1n) is 8.95. The van der Waals surface area contributed by atoms with E-state index >= 15 is 0 Å².